The number of rotatable bonds is 2. The van der Waals surface area contributed by atoms with Gasteiger partial charge in [0.15, 0.2) is 11.2 Å². The zero-order valence-corrected chi connectivity index (χ0v) is 10.1. The lowest BCUT2D eigenvalue weighted by Gasteiger charge is -2.24. The maximum Gasteiger partial charge on any atom is 0.158 e. The first-order chi connectivity index (χ1) is 8.64. The summed E-state index contributed by atoms with van der Waals surface area (Å²) in [5, 5.41) is 18.7. The molecule has 88 valence electrons. The van der Waals surface area contributed by atoms with Gasteiger partial charge < -0.3 is 0 Å². The molecule has 0 amide bonds. The number of hydrogen-bond donors (Lipinski definition) is 0. The number of benzene rings is 1. The Hall–Kier alpha value is -2.39. The molecule has 0 saturated heterocycles. The molecule has 0 N–H and O–H groups in total. The molecule has 0 radical (unpaired) electrons. The quantitative estimate of drug-likeness (QED) is 0.793. The fourth-order valence-corrected chi connectivity index (χ4v) is 2.47. The molecule has 2 rings (SSSR count). The fourth-order valence-electron chi connectivity index (χ4n) is 2.47. The van der Waals surface area contributed by atoms with Crippen LogP contribution in [0.15, 0.2) is 42.0 Å². The molecule has 1 aliphatic rings. The highest BCUT2D eigenvalue weighted by Crippen LogP contribution is 2.48. The summed E-state index contributed by atoms with van der Waals surface area (Å²) in [5.74, 6) is -0.512. The third-order valence-electron chi connectivity index (χ3n) is 3.39. The van der Waals surface area contributed by atoms with Crippen LogP contribution in [-0.2, 0) is 4.79 Å². The molecule has 0 aliphatic heterocycles. The lowest BCUT2D eigenvalue weighted by atomic mass is 9.73. The molecule has 0 spiro atoms. The summed E-state index contributed by atoms with van der Waals surface area (Å²) in [6.07, 6.45) is 2.04. The Balaban J connectivity index is 2.57. The summed E-state index contributed by atoms with van der Waals surface area (Å²) < 4.78 is 0. The zero-order valence-electron chi connectivity index (χ0n) is 10.1. The van der Waals surface area contributed by atoms with Gasteiger partial charge in [-0.3, -0.25) is 4.79 Å². The SMILES string of the molecule is CC(=O)C1=CCC(C#N)(C#N)[C@H]1c1ccccc1. The smallest absolute Gasteiger partial charge is 0.158 e. The molecule has 18 heavy (non-hydrogen) atoms. The van der Waals surface area contributed by atoms with Crippen LogP contribution in [-0.4, -0.2) is 5.78 Å². The van der Waals surface area contributed by atoms with Crippen LogP contribution in [0, 0.1) is 28.1 Å². The van der Waals surface area contributed by atoms with Crippen molar-refractivity contribution >= 4 is 5.78 Å². The minimum absolute atomic E-state index is 0.0729. The van der Waals surface area contributed by atoms with Crippen molar-refractivity contribution in [3.8, 4) is 12.1 Å². The first-order valence-electron chi connectivity index (χ1n) is 5.73. The highest BCUT2D eigenvalue weighted by Gasteiger charge is 2.47. The van der Waals surface area contributed by atoms with E-state index in [9.17, 15) is 15.3 Å². The van der Waals surface area contributed by atoms with Crippen LogP contribution < -0.4 is 0 Å². The average molecular weight is 236 g/mol. The monoisotopic (exact) mass is 236 g/mol. The van der Waals surface area contributed by atoms with Crippen molar-refractivity contribution in [3.05, 3.63) is 47.5 Å². The van der Waals surface area contributed by atoms with E-state index in [4.69, 9.17) is 0 Å². The molecule has 3 nitrogen and oxygen atoms in total. The van der Waals surface area contributed by atoms with Crippen LogP contribution in [0.2, 0.25) is 0 Å². The van der Waals surface area contributed by atoms with Crippen molar-refractivity contribution in [2.24, 2.45) is 5.41 Å². The predicted molar refractivity (Wildman–Crippen MR) is 66.2 cm³/mol. The van der Waals surface area contributed by atoms with Crippen molar-refractivity contribution in [1.82, 2.24) is 0 Å². The van der Waals surface area contributed by atoms with E-state index in [0.29, 0.717) is 12.0 Å². The van der Waals surface area contributed by atoms with Gasteiger partial charge in [-0.05, 0) is 18.9 Å². The maximum absolute atomic E-state index is 11.7. The molecule has 0 fully saturated rings. The highest BCUT2D eigenvalue weighted by atomic mass is 16.1. The van der Waals surface area contributed by atoms with Gasteiger partial charge in [-0.25, -0.2) is 0 Å². The van der Waals surface area contributed by atoms with Gasteiger partial charge in [0.1, 0.15) is 0 Å². The molecule has 1 aliphatic carbocycles. The van der Waals surface area contributed by atoms with Gasteiger partial charge in [0.2, 0.25) is 0 Å². The molecule has 1 aromatic rings. The number of Topliss-reactive ketones (excluding diaryl/α,β-unsaturated/α-hetero) is 1. The Morgan fingerprint density at radius 2 is 1.89 bits per heavy atom. The summed E-state index contributed by atoms with van der Waals surface area (Å²) >= 11 is 0. The Morgan fingerprint density at radius 1 is 1.28 bits per heavy atom. The second-order valence-corrected chi connectivity index (χ2v) is 4.46. The molecule has 0 aromatic heterocycles. The first kappa shape index (κ1) is 12.1. The third-order valence-corrected chi connectivity index (χ3v) is 3.39. The van der Waals surface area contributed by atoms with E-state index in [1.807, 2.05) is 30.3 Å². The van der Waals surface area contributed by atoms with E-state index in [0.717, 1.165) is 5.56 Å². The maximum atomic E-state index is 11.7. The highest BCUT2D eigenvalue weighted by molar-refractivity contribution is 5.96. The van der Waals surface area contributed by atoms with Gasteiger partial charge in [-0.15, -0.1) is 0 Å². The van der Waals surface area contributed by atoms with Crippen molar-refractivity contribution in [2.75, 3.05) is 0 Å². The Morgan fingerprint density at radius 3 is 2.39 bits per heavy atom. The van der Waals surface area contributed by atoms with E-state index in [-0.39, 0.29) is 5.78 Å². The topological polar surface area (TPSA) is 64.7 Å². The van der Waals surface area contributed by atoms with Crippen LogP contribution in [0.5, 0.6) is 0 Å². The lowest BCUT2D eigenvalue weighted by Crippen LogP contribution is -2.24. The number of ketones is 1. The third kappa shape index (κ3) is 1.71. The summed E-state index contributed by atoms with van der Waals surface area (Å²) in [5.41, 5.74) is 0.270. The van der Waals surface area contributed by atoms with Crippen LogP contribution in [0.3, 0.4) is 0 Å². The van der Waals surface area contributed by atoms with Crippen molar-refractivity contribution in [3.63, 3.8) is 0 Å². The molecule has 1 atom stereocenters. The normalized spacial score (nSPS) is 20.6. The molecule has 0 bridgehead atoms. The Kier molecular flexibility index (Phi) is 3.00. The summed E-state index contributed by atoms with van der Waals surface area (Å²) in [7, 11) is 0. The minimum Gasteiger partial charge on any atom is -0.295 e. The van der Waals surface area contributed by atoms with Gasteiger partial charge in [-0.1, -0.05) is 36.4 Å². The molecule has 0 heterocycles. The van der Waals surface area contributed by atoms with E-state index in [1.165, 1.54) is 6.92 Å². The fraction of sp³-hybridized carbons (Fsp3) is 0.267. The Bertz CT molecular complexity index is 573. The summed E-state index contributed by atoms with van der Waals surface area (Å²) in [6.45, 7) is 1.48. The summed E-state index contributed by atoms with van der Waals surface area (Å²) in [6, 6.07) is 13.5. The van der Waals surface area contributed by atoms with Gasteiger partial charge in [0, 0.05) is 11.5 Å². The van der Waals surface area contributed by atoms with Gasteiger partial charge in [0.05, 0.1) is 12.1 Å². The number of hydrogen-bond acceptors (Lipinski definition) is 3. The van der Waals surface area contributed by atoms with Crippen molar-refractivity contribution < 1.29 is 4.79 Å². The van der Waals surface area contributed by atoms with Crippen LogP contribution in [0.25, 0.3) is 0 Å². The lowest BCUT2D eigenvalue weighted by molar-refractivity contribution is -0.113. The van der Waals surface area contributed by atoms with Crippen LogP contribution in [0.4, 0.5) is 0 Å². The molecule has 0 saturated carbocycles. The van der Waals surface area contributed by atoms with E-state index in [2.05, 4.69) is 12.1 Å². The zero-order chi connectivity index (χ0) is 13.2. The van der Waals surface area contributed by atoms with Gasteiger partial charge in [0.25, 0.3) is 0 Å². The van der Waals surface area contributed by atoms with E-state index in [1.54, 1.807) is 6.08 Å². The number of carbonyl (C=O) groups is 1. The second kappa shape index (κ2) is 4.47. The molecular formula is C15H12N2O. The number of nitriles is 2. The van der Waals surface area contributed by atoms with E-state index >= 15 is 0 Å². The molecule has 0 unspecified atom stereocenters. The predicted octanol–water partition coefficient (Wildman–Crippen LogP) is 2.72. The number of allylic oxidation sites excluding steroid dienone is 2. The molecule has 1 aromatic carbocycles. The van der Waals surface area contributed by atoms with Crippen molar-refractivity contribution in [1.29, 1.82) is 10.5 Å². The largest absolute Gasteiger partial charge is 0.295 e. The van der Waals surface area contributed by atoms with E-state index < -0.39 is 11.3 Å². The van der Waals surface area contributed by atoms with Gasteiger partial charge >= 0.3 is 0 Å². The van der Waals surface area contributed by atoms with Crippen molar-refractivity contribution in [2.45, 2.75) is 19.3 Å². The Labute approximate surface area is 106 Å². The number of nitrogens with zero attached hydrogens (tertiary/aromatic N) is 2. The first-order valence-corrected chi connectivity index (χ1v) is 5.73. The van der Waals surface area contributed by atoms with Crippen LogP contribution >= 0.6 is 0 Å². The average Bonchev–Trinajstić information content (AvgIpc) is 2.80. The summed E-state index contributed by atoms with van der Waals surface area (Å²) in [4.78, 5) is 11.7. The number of carbonyl (C=O) groups excluding carboxylic acids is 1. The second-order valence-electron chi connectivity index (χ2n) is 4.46. The standard InChI is InChI=1S/C15H12N2O/c1-11(18)13-7-8-15(9-16,10-17)14(13)12-5-3-2-4-6-12/h2-7,14H,8H2,1H3/t14-/m0/s1. The minimum atomic E-state index is -1.15. The molecule has 3 heteroatoms. The van der Waals surface area contributed by atoms with Crippen LogP contribution in [0.1, 0.15) is 24.8 Å². The van der Waals surface area contributed by atoms with Gasteiger partial charge in [-0.2, -0.15) is 10.5 Å². The molecular weight excluding hydrogens is 224 g/mol.